The Morgan fingerprint density at radius 2 is 2.38 bits per heavy atom. The first kappa shape index (κ1) is 10.4. The van der Waals surface area contributed by atoms with Gasteiger partial charge in [-0.05, 0) is 30.9 Å². The van der Waals surface area contributed by atoms with E-state index in [1.54, 1.807) is 0 Å². The fourth-order valence-corrected chi connectivity index (χ4v) is 1.45. The smallest absolute Gasteiger partial charge is 0.0109 e. The number of rotatable bonds is 2. The van der Waals surface area contributed by atoms with Crippen LogP contribution in [0.4, 0.5) is 0 Å². The third-order valence-electron chi connectivity index (χ3n) is 2.06. The van der Waals surface area contributed by atoms with Gasteiger partial charge in [0.15, 0.2) is 0 Å². The van der Waals surface area contributed by atoms with Crippen molar-refractivity contribution in [3.63, 3.8) is 0 Å². The van der Waals surface area contributed by atoms with Crippen LogP contribution < -0.4 is 0 Å². The maximum absolute atomic E-state index is 4.43. The lowest BCUT2D eigenvalue weighted by Crippen LogP contribution is -1.94. The maximum atomic E-state index is 4.43. The highest BCUT2D eigenvalue weighted by Gasteiger charge is 2.04. The zero-order valence-corrected chi connectivity index (χ0v) is 9.09. The SMILES string of the molecule is C/C=C/C=C(\S)C1=CCC(C)C=C1. The molecule has 13 heavy (non-hydrogen) atoms. The minimum absolute atomic E-state index is 0.673. The predicted molar refractivity (Wildman–Crippen MR) is 62.9 cm³/mol. The van der Waals surface area contributed by atoms with Crippen molar-refractivity contribution < 1.29 is 0 Å². The van der Waals surface area contributed by atoms with Crippen LogP contribution in [0.5, 0.6) is 0 Å². The lowest BCUT2D eigenvalue weighted by molar-refractivity contribution is 0.733. The van der Waals surface area contributed by atoms with Gasteiger partial charge in [0.05, 0.1) is 0 Å². The molecule has 0 bridgehead atoms. The molecule has 0 aliphatic heterocycles. The molecule has 70 valence electrons. The Labute approximate surface area is 86.1 Å². The van der Waals surface area contributed by atoms with E-state index in [9.17, 15) is 0 Å². The molecule has 1 atom stereocenters. The first-order valence-corrected chi connectivity index (χ1v) is 5.09. The second-order valence-corrected chi connectivity index (χ2v) is 3.79. The Hall–Kier alpha value is -0.690. The lowest BCUT2D eigenvalue weighted by atomic mass is 9.98. The van der Waals surface area contributed by atoms with Crippen molar-refractivity contribution in [2.45, 2.75) is 20.3 Å². The average Bonchev–Trinajstić information content (AvgIpc) is 2.15. The van der Waals surface area contributed by atoms with Crippen LogP contribution >= 0.6 is 12.6 Å². The molecule has 0 amide bonds. The van der Waals surface area contributed by atoms with E-state index in [2.05, 4.69) is 37.8 Å². The highest BCUT2D eigenvalue weighted by molar-refractivity contribution is 7.84. The van der Waals surface area contributed by atoms with Gasteiger partial charge in [0.25, 0.3) is 0 Å². The summed E-state index contributed by atoms with van der Waals surface area (Å²) < 4.78 is 0. The second kappa shape index (κ2) is 5.13. The predicted octanol–water partition coefficient (Wildman–Crippen LogP) is 3.90. The van der Waals surface area contributed by atoms with Crippen LogP contribution in [0.1, 0.15) is 20.3 Å². The van der Waals surface area contributed by atoms with E-state index in [1.165, 1.54) is 5.57 Å². The van der Waals surface area contributed by atoms with Crippen molar-refractivity contribution in [2.75, 3.05) is 0 Å². The molecule has 0 fully saturated rings. The van der Waals surface area contributed by atoms with Gasteiger partial charge in [0.1, 0.15) is 0 Å². The van der Waals surface area contributed by atoms with E-state index < -0.39 is 0 Å². The van der Waals surface area contributed by atoms with Crippen LogP contribution in [-0.2, 0) is 0 Å². The standard InChI is InChI=1S/C12H16S/c1-3-4-5-12(13)11-8-6-10(2)7-9-11/h3-6,8-10,13H,7H2,1-2H3/b4-3+,12-5-. The molecular formula is C12H16S. The van der Waals surface area contributed by atoms with Gasteiger partial charge >= 0.3 is 0 Å². The molecule has 1 aliphatic carbocycles. The Kier molecular flexibility index (Phi) is 4.10. The molecular weight excluding hydrogens is 176 g/mol. The summed E-state index contributed by atoms with van der Waals surface area (Å²) in [5.41, 5.74) is 1.24. The largest absolute Gasteiger partial charge is 0.143 e. The summed E-state index contributed by atoms with van der Waals surface area (Å²) in [6.07, 6.45) is 13.8. The summed E-state index contributed by atoms with van der Waals surface area (Å²) in [4.78, 5) is 1.04. The van der Waals surface area contributed by atoms with Gasteiger partial charge in [-0.15, -0.1) is 12.6 Å². The van der Waals surface area contributed by atoms with Crippen LogP contribution in [0, 0.1) is 5.92 Å². The molecule has 1 aliphatic rings. The molecule has 0 spiro atoms. The van der Waals surface area contributed by atoms with E-state index in [0.29, 0.717) is 5.92 Å². The fourth-order valence-electron chi connectivity index (χ4n) is 1.20. The van der Waals surface area contributed by atoms with E-state index in [0.717, 1.165) is 11.3 Å². The number of hydrogen-bond acceptors (Lipinski definition) is 1. The average molecular weight is 192 g/mol. The van der Waals surface area contributed by atoms with Crippen LogP contribution in [0.3, 0.4) is 0 Å². The van der Waals surface area contributed by atoms with Gasteiger partial charge in [0.2, 0.25) is 0 Å². The molecule has 0 aromatic rings. The lowest BCUT2D eigenvalue weighted by Gasteiger charge is -2.10. The van der Waals surface area contributed by atoms with E-state index in [4.69, 9.17) is 0 Å². The number of thiol groups is 1. The zero-order valence-electron chi connectivity index (χ0n) is 8.20. The van der Waals surface area contributed by atoms with E-state index >= 15 is 0 Å². The van der Waals surface area contributed by atoms with Crippen molar-refractivity contribution in [1.29, 1.82) is 0 Å². The van der Waals surface area contributed by atoms with Gasteiger partial charge in [-0.1, -0.05) is 37.3 Å². The van der Waals surface area contributed by atoms with Crippen molar-refractivity contribution in [3.8, 4) is 0 Å². The topological polar surface area (TPSA) is 0 Å². The number of hydrogen-bond donors (Lipinski definition) is 1. The van der Waals surface area contributed by atoms with E-state index in [-0.39, 0.29) is 0 Å². The molecule has 1 heteroatoms. The van der Waals surface area contributed by atoms with Crippen LogP contribution in [0.25, 0.3) is 0 Å². The molecule has 0 N–H and O–H groups in total. The minimum atomic E-state index is 0.673. The zero-order chi connectivity index (χ0) is 9.68. The van der Waals surface area contributed by atoms with Gasteiger partial charge < -0.3 is 0 Å². The van der Waals surface area contributed by atoms with E-state index in [1.807, 2.05) is 25.2 Å². The first-order chi connectivity index (χ1) is 6.24. The highest BCUT2D eigenvalue weighted by atomic mass is 32.1. The first-order valence-electron chi connectivity index (χ1n) is 4.64. The van der Waals surface area contributed by atoms with Crippen LogP contribution in [-0.4, -0.2) is 0 Å². The molecule has 0 heterocycles. The second-order valence-electron chi connectivity index (χ2n) is 3.31. The Bertz CT molecular complexity index is 279. The van der Waals surface area contributed by atoms with Gasteiger partial charge in [-0.3, -0.25) is 0 Å². The summed E-state index contributed by atoms with van der Waals surface area (Å²) in [5, 5.41) is 0. The molecule has 0 saturated heterocycles. The normalized spacial score (nSPS) is 23.8. The maximum Gasteiger partial charge on any atom is 0.0109 e. The fraction of sp³-hybridized carbons (Fsp3) is 0.333. The summed E-state index contributed by atoms with van der Waals surface area (Å²) in [7, 11) is 0. The monoisotopic (exact) mass is 192 g/mol. The summed E-state index contributed by atoms with van der Waals surface area (Å²) in [5.74, 6) is 0.673. The van der Waals surface area contributed by atoms with Gasteiger partial charge in [-0.2, -0.15) is 0 Å². The Morgan fingerprint density at radius 3 is 2.92 bits per heavy atom. The summed E-state index contributed by atoms with van der Waals surface area (Å²) in [6, 6.07) is 0. The van der Waals surface area contributed by atoms with Crippen molar-refractivity contribution in [3.05, 3.63) is 46.9 Å². The van der Waals surface area contributed by atoms with Crippen LogP contribution in [0.15, 0.2) is 46.9 Å². The van der Waals surface area contributed by atoms with Crippen molar-refractivity contribution >= 4 is 12.6 Å². The van der Waals surface area contributed by atoms with Crippen molar-refractivity contribution in [1.82, 2.24) is 0 Å². The molecule has 0 aromatic heterocycles. The molecule has 0 saturated carbocycles. The summed E-state index contributed by atoms with van der Waals surface area (Å²) in [6.45, 7) is 4.22. The van der Waals surface area contributed by atoms with Crippen LogP contribution in [0.2, 0.25) is 0 Å². The third-order valence-corrected chi connectivity index (χ3v) is 2.46. The minimum Gasteiger partial charge on any atom is -0.143 e. The molecule has 0 nitrogen and oxygen atoms in total. The van der Waals surface area contributed by atoms with Gasteiger partial charge in [-0.25, -0.2) is 0 Å². The third kappa shape index (κ3) is 3.27. The number of allylic oxidation sites excluding steroid dienone is 7. The molecule has 0 radical (unpaired) electrons. The molecule has 0 aromatic carbocycles. The molecule has 1 unspecified atom stereocenters. The Balaban J connectivity index is 2.69. The molecule has 1 rings (SSSR count). The summed E-state index contributed by atoms with van der Waals surface area (Å²) >= 11 is 4.43. The van der Waals surface area contributed by atoms with Gasteiger partial charge in [0, 0.05) is 4.91 Å². The highest BCUT2D eigenvalue weighted by Crippen LogP contribution is 2.23. The quantitative estimate of drug-likeness (QED) is 0.498. The van der Waals surface area contributed by atoms with Crippen molar-refractivity contribution in [2.24, 2.45) is 5.92 Å². The Morgan fingerprint density at radius 1 is 1.62 bits per heavy atom.